The number of fused-ring (bicyclic) bond motifs is 1. The van der Waals surface area contributed by atoms with Gasteiger partial charge in [0.2, 0.25) is 5.88 Å². The number of nitrogens with zero attached hydrogens (tertiary/aromatic N) is 1. The Kier molecular flexibility index (Phi) is 4.91. The Labute approximate surface area is 132 Å². The van der Waals surface area contributed by atoms with Crippen molar-refractivity contribution in [3.8, 4) is 11.6 Å². The van der Waals surface area contributed by atoms with Gasteiger partial charge in [0.15, 0.2) is 0 Å². The van der Waals surface area contributed by atoms with E-state index >= 15 is 0 Å². The summed E-state index contributed by atoms with van der Waals surface area (Å²) in [5.41, 5.74) is 0.732. The van der Waals surface area contributed by atoms with Gasteiger partial charge >= 0.3 is 0 Å². The first-order valence-corrected chi connectivity index (χ1v) is 7.69. The van der Waals surface area contributed by atoms with E-state index in [0.717, 1.165) is 41.3 Å². The summed E-state index contributed by atoms with van der Waals surface area (Å²) >= 11 is 0. The zero-order valence-electron chi connectivity index (χ0n) is 14.1. The van der Waals surface area contributed by atoms with Gasteiger partial charge in [0.05, 0.1) is 19.9 Å². The van der Waals surface area contributed by atoms with Gasteiger partial charge in [0.25, 0.3) is 0 Å². The molecule has 0 fully saturated rings. The Morgan fingerprint density at radius 3 is 2.41 bits per heavy atom. The molecule has 0 unspecified atom stereocenters. The van der Waals surface area contributed by atoms with Crippen molar-refractivity contribution in [3.05, 3.63) is 29.5 Å². The summed E-state index contributed by atoms with van der Waals surface area (Å²) in [6.07, 6.45) is 3.00. The number of aromatic nitrogens is 1. The first kappa shape index (κ1) is 16.6. The molecule has 2 aromatic rings. The number of ether oxygens (including phenoxy) is 2. The average molecular weight is 303 g/mol. The molecule has 1 N–H and O–H groups in total. The van der Waals surface area contributed by atoms with Gasteiger partial charge in [-0.05, 0) is 55.8 Å². The van der Waals surface area contributed by atoms with E-state index in [4.69, 9.17) is 9.47 Å². The first-order chi connectivity index (χ1) is 10.4. The van der Waals surface area contributed by atoms with Crippen LogP contribution in [0.15, 0.2) is 18.2 Å². The normalized spacial score (nSPS) is 11.7. The Bertz CT molecular complexity index is 659. The molecular formula is C18H25NO3. The van der Waals surface area contributed by atoms with Crippen molar-refractivity contribution < 1.29 is 14.6 Å². The highest BCUT2D eigenvalue weighted by Gasteiger charge is 2.25. The zero-order valence-corrected chi connectivity index (χ0v) is 14.1. The molecule has 4 nitrogen and oxygen atoms in total. The number of aliphatic hydroxyl groups is 1. The van der Waals surface area contributed by atoms with Gasteiger partial charge < -0.3 is 14.6 Å². The molecule has 1 aromatic heterocycles. The molecule has 0 saturated carbocycles. The van der Waals surface area contributed by atoms with Crippen molar-refractivity contribution in [2.24, 2.45) is 0 Å². The lowest BCUT2D eigenvalue weighted by Gasteiger charge is -2.23. The fourth-order valence-electron chi connectivity index (χ4n) is 2.71. The number of pyridine rings is 1. The molecule has 0 radical (unpaired) electrons. The van der Waals surface area contributed by atoms with Gasteiger partial charge in [-0.25, -0.2) is 4.98 Å². The molecular weight excluding hydrogens is 278 g/mol. The number of methoxy groups -OCH3 is 2. The van der Waals surface area contributed by atoms with Crippen LogP contribution in [0.25, 0.3) is 10.8 Å². The van der Waals surface area contributed by atoms with E-state index in [1.54, 1.807) is 28.1 Å². The minimum atomic E-state index is -1.02. The second kappa shape index (κ2) is 6.53. The quantitative estimate of drug-likeness (QED) is 0.881. The second-order valence-electron chi connectivity index (χ2n) is 6.02. The van der Waals surface area contributed by atoms with Gasteiger partial charge in [-0.2, -0.15) is 0 Å². The van der Waals surface area contributed by atoms with Crippen molar-refractivity contribution in [1.29, 1.82) is 0 Å². The van der Waals surface area contributed by atoms with E-state index in [2.05, 4.69) is 11.9 Å². The number of hydrogen-bond acceptors (Lipinski definition) is 4. The van der Waals surface area contributed by atoms with Crippen LogP contribution in [-0.4, -0.2) is 24.3 Å². The number of hydrogen-bond donors (Lipinski definition) is 1. The van der Waals surface area contributed by atoms with Crippen molar-refractivity contribution in [2.75, 3.05) is 14.2 Å². The predicted octanol–water partition coefficient (Wildman–Crippen LogP) is 3.82. The number of aryl methyl sites for hydroxylation is 1. The van der Waals surface area contributed by atoms with E-state index in [1.165, 1.54) is 0 Å². The van der Waals surface area contributed by atoms with Gasteiger partial charge in [-0.15, -0.1) is 0 Å². The van der Waals surface area contributed by atoms with Crippen LogP contribution in [0.1, 0.15) is 44.9 Å². The fourth-order valence-corrected chi connectivity index (χ4v) is 2.71. The molecule has 0 saturated heterocycles. The minimum Gasteiger partial charge on any atom is -0.497 e. The summed E-state index contributed by atoms with van der Waals surface area (Å²) < 4.78 is 10.8. The lowest BCUT2D eigenvalue weighted by Crippen LogP contribution is -2.21. The molecule has 0 aliphatic rings. The summed E-state index contributed by atoms with van der Waals surface area (Å²) in [5.74, 6) is 1.33. The maximum absolute atomic E-state index is 10.5. The Morgan fingerprint density at radius 2 is 1.86 bits per heavy atom. The molecule has 22 heavy (non-hydrogen) atoms. The van der Waals surface area contributed by atoms with E-state index in [-0.39, 0.29) is 0 Å². The maximum atomic E-state index is 10.5. The molecule has 0 aliphatic heterocycles. The second-order valence-corrected chi connectivity index (χ2v) is 6.02. The molecule has 4 heteroatoms. The third-order valence-corrected chi connectivity index (χ3v) is 3.83. The fraction of sp³-hybridized carbons (Fsp3) is 0.500. The van der Waals surface area contributed by atoms with Crippen molar-refractivity contribution in [1.82, 2.24) is 4.98 Å². The van der Waals surface area contributed by atoms with Crippen molar-refractivity contribution in [2.45, 2.75) is 45.6 Å². The topological polar surface area (TPSA) is 51.6 Å². The lowest BCUT2D eigenvalue weighted by molar-refractivity contribution is 0.0723. The smallest absolute Gasteiger partial charge is 0.221 e. The molecule has 0 amide bonds. The van der Waals surface area contributed by atoms with Crippen LogP contribution >= 0.6 is 0 Å². The first-order valence-electron chi connectivity index (χ1n) is 7.69. The minimum absolute atomic E-state index is 0.537. The van der Waals surface area contributed by atoms with Crippen LogP contribution in [0, 0.1) is 0 Å². The van der Waals surface area contributed by atoms with Crippen molar-refractivity contribution >= 4 is 10.8 Å². The number of rotatable bonds is 6. The Hall–Kier alpha value is -1.81. The average Bonchev–Trinajstić information content (AvgIpc) is 2.50. The highest BCUT2D eigenvalue weighted by molar-refractivity contribution is 5.91. The predicted molar refractivity (Wildman–Crippen MR) is 88.7 cm³/mol. The zero-order chi connectivity index (χ0) is 16.3. The summed E-state index contributed by atoms with van der Waals surface area (Å²) in [7, 11) is 3.26. The third kappa shape index (κ3) is 3.17. The largest absolute Gasteiger partial charge is 0.497 e. The number of unbranched alkanes of at least 4 members (excludes halogenated alkanes) is 1. The SMILES string of the molecule is CCCCc1c(C(C)(C)O)nc(OC)c2ccc(OC)cc12. The van der Waals surface area contributed by atoms with E-state index in [0.29, 0.717) is 11.6 Å². The molecule has 0 bridgehead atoms. The molecule has 120 valence electrons. The molecule has 1 aromatic carbocycles. The third-order valence-electron chi connectivity index (χ3n) is 3.83. The Morgan fingerprint density at radius 1 is 1.14 bits per heavy atom. The summed E-state index contributed by atoms with van der Waals surface area (Å²) in [5, 5.41) is 12.5. The molecule has 1 heterocycles. The van der Waals surface area contributed by atoms with E-state index < -0.39 is 5.60 Å². The summed E-state index contributed by atoms with van der Waals surface area (Å²) in [6.45, 7) is 5.68. The highest BCUT2D eigenvalue weighted by atomic mass is 16.5. The summed E-state index contributed by atoms with van der Waals surface area (Å²) in [6, 6.07) is 5.86. The van der Waals surface area contributed by atoms with Crippen LogP contribution < -0.4 is 9.47 Å². The monoisotopic (exact) mass is 303 g/mol. The van der Waals surface area contributed by atoms with Crippen molar-refractivity contribution in [3.63, 3.8) is 0 Å². The van der Waals surface area contributed by atoms with Crippen LogP contribution in [0.4, 0.5) is 0 Å². The van der Waals surface area contributed by atoms with Gasteiger partial charge in [-0.1, -0.05) is 13.3 Å². The van der Waals surface area contributed by atoms with Crippen LogP contribution in [0.2, 0.25) is 0 Å². The molecule has 2 rings (SSSR count). The van der Waals surface area contributed by atoms with Crippen LogP contribution in [-0.2, 0) is 12.0 Å². The van der Waals surface area contributed by atoms with Crippen LogP contribution in [0.5, 0.6) is 11.6 Å². The standard InChI is InChI=1S/C18H25NO3/c1-6-7-8-13-15-11-12(21-4)9-10-14(15)17(22-5)19-16(13)18(2,3)20/h9-11,20H,6-8H2,1-5H3. The number of benzene rings is 1. The molecule has 0 spiro atoms. The van der Waals surface area contributed by atoms with Crippen LogP contribution in [0.3, 0.4) is 0 Å². The van der Waals surface area contributed by atoms with Gasteiger partial charge in [0.1, 0.15) is 11.4 Å². The molecule has 0 aliphatic carbocycles. The molecule has 0 atom stereocenters. The Balaban J connectivity index is 2.80. The lowest BCUT2D eigenvalue weighted by atomic mass is 9.92. The van der Waals surface area contributed by atoms with Gasteiger partial charge in [-0.3, -0.25) is 0 Å². The van der Waals surface area contributed by atoms with E-state index in [9.17, 15) is 5.11 Å². The maximum Gasteiger partial charge on any atom is 0.221 e. The highest BCUT2D eigenvalue weighted by Crippen LogP contribution is 2.36. The van der Waals surface area contributed by atoms with Gasteiger partial charge in [0, 0.05) is 5.39 Å². The summed E-state index contributed by atoms with van der Waals surface area (Å²) in [4.78, 5) is 4.59. The van der Waals surface area contributed by atoms with E-state index in [1.807, 2.05) is 18.2 Å².